The molecule has 1 heterocycles. The van der Waals surface area contributed by atoms with Gasteiger partial charge >= 0.3 is 6.03 Å². The second kappa shape index (κ2) is 8.42. The highest BCUT2D eigenvalue weighted by Crippen LogP contribution is 2.36. The Morgan fingerprint density at radius 3 is 2.83 bits per heavy atom. The summed E-state index contributed by atoms with van der Waals surface area (Å²) in [5.41, 5.74) is 5.34. The number of unbranched alkanes of at least 4 members (excludes halogenated alkanes) is 1. The summed E-state index contributed by atoms with van der Waals surface area (Å²) in [5.74, 6) is -0.626. The smallest absolute Gasteiger partial charge is 0.333 e. The Morgan fingerprint density at radius 1 is 1.26 bits per heavy atom. The molecule has 7 nitrogen and oxygen atoms in total. The molecule has 0 aromatic heterocycles. The van der Waals surface area contributed by atoms with Crippen LogP contribution >= 0.6 is 11.8 Å². The third-order valence-corrected chi connectivity index (χ3v) is 4.48. The van der Waals surface area contributed by atoms with Crippen LogP contribution in [0.25, 0.3) is 0 Å². The molecule has 1 unspecified atom stereocenters. The Balaban J connectivity index is 1.77. The van der Waals surface area contributed by atoms with Gasteiger partial charge in [0.05, 0.1) is 10.9 Å². The lowest BCUT2D eigenvalue weighted by atomic mass is 10.2. The third-order valence-electron chi connectivity index (χ3n) is 3.21. The molecule has 0 aliphatic carbocycles. The molecular formula is C15H20N4O3S. The van der Waals surface area contributed by atoms with Crippen molar-refractivity contribution >= 4 is 35.3 Å². The molecule has 0 radical (unpaired) electrons. The first-order valence-electron chi connectivity index (χ1n) is 7.49. The molecule has 0 saturated carbocycles. The molecule has 1 aliphatic rings. The van der Waals surface area contributed by atoms with E-state index in [9.17, 15) is 14.4 Å². The number of benzene rings is 1. The van der Waals surface area contributed by atoms with E-state index in [0.717, 1.165) is 23.4 Å². The van der Waals surface area contributed by atoms with Gasteiger partial charge in [0.15, 0.2) is 0 Å². The number of hydrogen-bond acceptors (Lipinski definition) is 4. The lowest BCUT2D eigenvalue weighted by molar-refractivity contribution is -0.124. The van der Waals surface area contributed by atoms with Crippen LogP contribution in [0.3, 0.4) is 0 Å². The highest BCUT2D eigenvalue weighted by Gasteiger charge is 2.28. The fraction of sp³-hybridized carbons (Fsp3) is 0.400. The van der Waals surface area contributed by atoms with Crippen molar-refractivity contribution in [3.8, 4) is 0 Å². The number of fused-ring (bicyclic) bond motifs is 1. The maximum absolute atomic E-state index is 12.0. The molecule has 2 rings (SSSR count). The first kappa shape index (κ1) is 17.1. The summed E-state index contributed by atoms with van der Waals surface area (Å²) in [7, 11) is 0. The summed E-state index contributed by atoms with van der Waals surface area (Å²) in [5, 5.41) is 4.87. The third kappa shape index (κ3) is 5.17. The van der Waals surface area contributed by atoms with Gasteiger partial charge in [-0.05, 0) is 18.6 Å². The second-order valence-electron chi connectivity index (χ2n) is 5.08. The average Bonchev–Trinajstić information content (AvgIpc) is 2.54. The lowest BCUT2D eigenvalue weighted by Gasteiger charge is -2.23. The van der Waals surface area contributed by atoms with E-state index in [1.807, 2.05) is 31.2 Å². The standard InChI is InChI=1S/C15H20N4O3S/c1-2-3-8-16-15(22)19-18-13(20)9-12-14(21)17-10-6-4-5-7-11(10)23-12/h4-7,12H,2-3,8-9H2,1H3,(H,17,21)(H,18,20)(H2,16,19,22). The highest BCUT2D eigenvalue weighted by molar-refractivity contribution is 8.01. The Kier molecular flexibility index (Phi) is 6.28. The number of thioether (sulfide) groups is 1. The molecule has 23 heavy (non-hydrogen) atoms. The van der Waals surface area contributed by atoms with Crippen LogP contribution in [0, 0.1) is 0 Å². The number of carbonyl (C=O) groups is 3. The Hall–Kier alpha value is -2.22. The number of para-hydroxylation sites is 1. The number of rotatable bonds is 5. The van der Waals surface area contributed by atoms with Crippen LogP contribution in [0.4, 0.5) is 10.5 Å². The predicted octanol–water partition coefficient (Wildman–Crippen LogP) is 1.62. The fourth-order valence-corrected chi connectivity index (χ4v) is 3.11. The summed E-state index contributed by atoms with van der Waals surface area (Å²) in [6, 6.07) is 6.97. The Labute approximate surface area is 138 Å². The minimum absolute atomic E-state index is 0.0138. The first-order chi connectivity index (χ1) is 11.1. The number of urea groups is 1. The van der Waals surface area contributed by atoms with Crippen molar-refractivity contribution in [2.24, 2.45) is 0 Å². The van der Waals surface area contributed by atoms with Crippen molar-refractivity contribution in [2.75, 3.05) is 11.9 Å². The Morgan fingerprint density at radius 2 is 2.04 bits per heavy atom. The molecule has 1 aliphatic heterocycles. The quantitative estimate of drug-likeness (QED) is 0.485. The summed E-state index contributed by atoms with van der Waals surface area (Å²) < 4.78 is 0. The molecule has 0 bridgehead atoms. The SMILES string of the molecule is CCCCNC(=O)NNC(=O)CC1Sc2ccccc2NC1=O. The second-order valence-corrected chi connectivity index (χ2v) is 6.32. The number of anilines is 1. The van der Waals surface area contributed by atoms with Crippen LogP contribution in [0.5, 0.6) is 0 Å². The number of hydrazine groups is 1. The van der Waals surface area contributed by atoms with Crippen molar-refractivity contribution in [1.29, 1.82) is 0 Å². The van der Waals surface area contributed by atoms with Crippen molar-refractivity contribution in [2.45, 2.75) is 36.3 Å². The zero-order chi connectivity index (χ0) is 16.7. The molecular weight excluding hydrogens is 316 g/mol. The van der Waals surface area contributed by atoms with Gasteiger partial charge in [-0.1, -0.05) is 25.5 Å². The minimum atomic E-state index is -0.519. The van der Waals surface area contributed by atoms with E-state index in [2.05, 4.69) is 21.5 Å². The van der Waals surface area contributed by atoms with Crippen LogP contribution in [0.15, 0.2) is 29.2 Å². The molecule has 0 fully saturated rings. The van der Waals surface area contributed by atoms with Gasteiger partial charge in [0.25, 0.3) is 0 Å². The van der Waals surface area contributed by atoms with E-state index in [0.29, 0.717) is 6.54 Å². The van der Waals surface area contributed by atoms with E-state index in [-0.39, 0.29) is 12.3 Å². The topological polar surface area (TPSA) is 99.3 Å². The minimum Gasteiger partial charge on any atom is -0.337 e. The van der Waals surface area contributed by atoms with E-state index >= 15 is 0 Å². The highest BCUT2D eigenvalue weighted by atomic mass is 32.2. The van der Waals surface area contributed by atoms with Crippen molar-refractivity contribution in [3.05, 3.63) is 24.3 Å². The molecule has 4 amide bonds. The van der Waals surface area contributed by atoms with Crippen molar-refractivity contribution in [1.82, 2.24) is 16.2 Å². The van der Waals surface area contributed by atoms with Gasteiger partial charge in [-0.15, -0.1) is 11.8 Å². The summed E-state index contributed by atoms with van der Waals surface area (Å²) in [6.07, 6.45) is 1.84. The van der Waals surface area contributed by atoms with Gasteiger partial charge in [-0.2, -0.15) is 0 Å². The van der Waals surface area contributed by atoms with Gasteiger partial charge in [0.2, 0.25) is 11.8 Å². The summed E-state index contributed by atoms with van der Waals surface area (Å²) >= 11 is 1.34. The first-order valence-corrected chi connectivity index (χ1v) is 8.37. The molecule has 8 heteroatoms. The zero-order valence-electron chi connectivity index (χ0n) is 12.8. The molecule has 1 aromatic rings. The predicted molar refractivity (Wildman–Crippen MR) is 88.9 cm³/mol. The number of amides is 4. The Bertz CT molecular complexity index is 594. The normalized spacial score (nSPS) is 16.0. The van der Waals surface area contributed by atoms with Crippen LogP contribution in [-0.2, 0) is 9.59 Å². The lowest BCUT2D eigenvalue weighted by Crippen LogP contribution is -2.48. The largest absolute Gasteiger partial charge is 0.337 e. The number of hydrogen-bond donors (Lipinski definition) is 4. The molecule has 124 valence electrons. The summed E-state index contributed by atoms with van der Waals surface area (Å²) in [4.78, 5) is 36.2. The van der Waals surface area contributed by atoms with Gasteiger partial charge in [-0.3, -0.25) is 15.0 Å². The van der Waals surface area contributed by atoms with Gasteiger partial charge in [-0.25, -0.2) is 10.2 Å². The summed E-state index contributed by atoms with van der Waals surface area (Å²) in [6.45, 7) is 2.57. The number of carbonyl (C=O) groups excluding carboxylic acids is 3. The van der Waals surface area contributed by atoms with Crippen LogP contribution in [0.2, 0.25) is 0 Å². The molecule has 1 aromatic carbocycles. The van der Waals surface area contributed by atoms with Gasteiger partial charge in [0, 0.05) is 17.9 Å². The van der Waals surface area contributed by atoms with E-state index in [4.69, 9.17) is 0 Å². The van der Waals surface area contributed by atoms with Crippen molar-refractivity contribution in [3.63, 3.8) is 0 Å². The van der Waals surface area contributed by atoms with Gasteiger partial charge in [0.1, 0.15) is 0 Å². The molecule has 4 N–H and O–H groups in total. The average molecular weight is 336 g/mol. The fourth-order valence-electron chi connectivity index (χ4n) is 2.00. The monoisotopic (exact) mass is 336 g/mol. The maximum atomic E-state index is 12.0. The maximum Gasteiger partial charge on any atom is 0.333 e. The molecule has 1 atom stereocenters. The molecule has 0 saturated heterocycles. The van der Waals surface area contributed by atoms with E-state index < -0.39 is 17.2 Å². The van der Waals surface area contributed by atoms with Crippen LogP contribution in [0.1, 0.15) is 26.2 Å². The molecule has 0 spiro atoms. The van der Waals surface area contributed by atoms with Crippen LogP contribution < -0.4 is 21.5 Å². The van der Waals surface area contributed by atoms with E-state index in [1.165, 1.54) is 11.8 Å². The van der Waals surface area contributed by atoms with E-state index in [1.54, 1.807) is 0 Å². The zero-order valence-corrected chi connectivity index (χ0v) is 13.7. The van der Waals surface area contributed by atoms with Crippen molar-refractivity contribution < 1.29 is 14.4 Å². The van der Waals surface area contributed by atoms with Gasteiger partial charge < -0.3 is 10.6 Å². The number of nitrogens with one attached hydrogen (secondary N) is 4. The van der Waals surface area contributed by atoms with Crippen LogP contribution in [-0.4, -0.2) is 29.6 Å².